The van der Waals surface area contributed by atoms with Crippen molar-refractivity contribution >= 4 is 5.97 Å². The Labute approximate surface area is 121 Å². The van der Waals surface area contributed by atoms with E-state index in [2.05, 4.69) is 10.1 Å². The Bertz CT molecular complexity index is 627. The molecule has 0 aliphatic heterocycles. The van der Waals surface area contributed by atoms with E-state index >= 15 is 0 Å². The Hall–Kier alpha value is -2.27. The Kier molecular flexibility index (Phi) is 5.00. The van der Waals surface area contributed by atoms with Crippen LogP contribution in [0.5, 0.6) is 0 Å². The van der Waals surface area contributed by atoms with Crippen molar-refractivity contribution in [1.29, 1.82) is 0 Å². The normalized spacial score (nSPS) is 10.4. The molecule has 0 atom stereocenters. The number of esters is 1. The molecule has 5 heteroatoms. The van der Waals surface area contributed by atoms with Gasteiger partial charge in [0.1, 0.15) is 11.6 Å². The van der Waals surface area contributed by atoms with Gasteiger partial charge < -0.3 is 10.1 Å². The molecule has 0 aliphatic carbocycles. The molecule has 0 bridgehead atoms. The maximum absolute atomic E-state index is 13.7. The highest BCUT2D eigenvalue weighted by atomic mass is 19.1. The van der Waals surface area contributed by atoms with Crippen LogP contribution < -0.4 is 5.32 Å². The fraction of sp³-hybridized carbons (Fsp3) is 0.188. The van der Waals surface area contributed by atoms with Gasteiger partial charge in [0.2, 0.25) is 0 Å². The second-order valence-electron chi connectivity index (χ2n) is 4.54. The first-order chi connectivity index (χ1) is 10.1. The summed E-state index contributed by atoms with van der Waals surface area (Å²) in [6.07, 6.45) is 0. The van der Waals surface area contributed by atoms with E-state index in [0.29, 0.717) is 18.7 Å². The minimum Gasteiger partial charge on any atom is -0.465 e. The predicted molar refractivity (Wildman–Crippen MR) is 74.7 cm³/mol. The van der Waals surface area contributed by atoms with Crippen LogP contribution in [-0.4, -0.2) is 13.1 Å². The lowest BCUT2D eigenvalue weighted by molar-refractivity contribution is 0.0595. The van der Waals surface area contributed by atoms with Gasteiger partial charge >= 0.3 is 5.97 Å². The molecule has 0 saturated heterocycles. The summed E-state index contributed by atoms with van der Waals surface area (Å²) in [6.45, 7) is 0.983. The van der Waals surface area contributed by atoms with Crippen LogP contribution in [0.2, 0.25) is 0 Å². The molecule has 2 aromatic rings. The molecule has 21 heavy (non-hydrogen) atoms. The maximum Gasteiger partial charge on any atom is 0.340 e. The second kappa shape index (κ2) is 6.95. The molecule has 0 unspecified atom stereocenters. The van der Waals surface area contributed by atoms with Gasteiger partial charge in [-0.05, 0) is 35.4 Å². The number of hydrogen-bond donors (Lipinski definition) is 1. The van der Waals surface area contributed by atoms with E-state index in [0.717, 1.165) is 5.56 Å². The van der Waals surface area contributed by atoms with Crippen LogP contribution in [0.3, 0.4) is 0 Å². The van der Waals surface area contributed by atoms with E-state index in [1.165, 1.54) is 31.4 Å². The van der Waals surface area contributed by atoms with Crippen molar-refractivity contribution in [2.75, 3.05) is 7.11 Å². The number of hydrogen-bond acceptors (Lipinski definition) is 3. The Morgan fingerprint density at radius 1 is 1.05 bits per heavy atom. The van der Waals surface area contributed by atoms with Crippen molar-refractivity contribution in [3.63, 3.8) is 0 Å². The summed E-state index contributed by atoms with van der Waals surface area (Å²) >= 11 is 0. The van der Waals surface area contributed by atoms with Gasteiger partial charge in [-0.1, -0.05) is 18.2 Å². The molecule has 3 nitrogen and oxygen atoms in total. The molecular formula is C16H15F2NO2. The molecule has 2 rings (SSSR count). The van der Waals surface area contributed by atoms with E-state index in [1.807, 2.05) is 0 Å². The SMILES string of the molecule is COC(=O)c1ccc(CNCc2ccc(F)cc2)cc1F. The second-order valence-corrected chi connectivity index (χ2v) is 4.54. The first-order valence-corrected chi connectivity index (χ1v) is 6.42. The minimum absolute atomic E-state index is 0.0835. The zero-order chi connectivity index (χ0) is 15.2. The van der Waals surface area contributed by atoms with Gasteiger partial charge in [0.05, 0.1) is 12.7 Å². The first-order valence-electron chi connectivity index (χ1n) is 6.42. The van der Waals surface area contributed by atoms with Gasteiger partial charge in [-0.15, -0.1) is 0 Å². The van der Waals surface area contributed by atoms with Gasteiger partial charge in [0.15, 0.2) is 0 Å². The van der Waals surface area contributed by atoms with Crippen LogP contribution in [0.15, 0.2) is 42.5 Å². The molecule has 0 radical (unpaired) electrons. The summed E-state index contributed by atoms with van der Waals surface area (Å²) in [4.78, 5) is 11.3. The monoisotopic (exact) mass is 291 g/mol. The van der Waals surface area contributed by atoms with Crippen molar-refractivity contribution in [1.82, 2.24) is 5.32 Å². The smallest absolute Gasteiger partial charge is 0.340 e. The third-order valence-corrected chi connectivity index (χ3v) is 3.01. The molecular weight excluding hydrogens is 276 g/mol. The van der Waals surface area contributed by atoms with Crippen molar-refractivity contribution in [2.45, 2.75) is 13.1 Å². The number of nitrogens with one attached hydrogen (secondary N) is 1. The average molecular weight is 291 g/mol. The average Bonchev–Trinajstić information content (AvgIpc) is 2.49. The number of halogens is 2. The summed E-state index contributed by atoms with van der Waals surface area (Å²) in [5, 5.41) is 3.12. The first kappa shape index (κ1) is 15.1. The van der Waals surface area contributed by atoms with E-state index in [1.54, 1.807) is 18.2 Å². The van der Waals surface area contributed by atoms with E-state index in [-0.39, 0.29) is 11.4 Å². The van der Waals surface area contributed by atoms with Crippen molar-refractivity contribution in [3.05, 3.63) is 70.8 Å². The van der Waals surface area contributed by atoms with Crippen molar-refractivity contribution in [2.24, 2.45) is 0 Å². The van der Waals surface area contributed by atoms with Gasteiger partial charge in [-0.3, -0.25) is 0 Å². The van der Waals surface area contributed by atoms with Gasteiger partial charge in [0.25, 0.3) is 0 Å². The third kappa shape index (κ3) is 4.10. The highest BCUT2D eigenvalue weighted by Crippen LogP contribution is 2.12. The van der Waals surface area contributed by atoms with Crippen molar-refractivity contribution < 1.29 is 18.3 Å². The van der Waals surface area contributed by atoms with Crippen LogP contribution >= 0.6 is 0 Å². The highest BCUT2D eigenvalue weighted by Gasteiger charge is 2.11. The van der Waals surface area contributed by atoms with Crippen LogP contribution in [0, 0.1) is 11.6 Å². The summed E-state index contributed by atoms with van der Waals surface area (Å²) in [7, 11) is 1.21. The fourth-order valence-electron chi connectivity index (χ4n) is 1.90. The number of carbonyl (C=O) groups is 1. The fourth-order valence-corrected chi connectivity index (χ4v) is 1.90. The molecule has 0 spiro atoms. The van der Waals surface area contributed by atoms with E-state index < -0.39 is 11.8 Å². The lowest BCUT2D eigenvalue weighted by atomic mass is 10.1. The predicted octanol–water partition coefficient (Wildman–Crippen LogP) is 3.04. The number of methoxy groups -OCH3 is 1. The Balaban J connectivity index is 1.93. The molecule has 0 aromatic heterocycles. The Morgan fingerprint density at radius 2 is 1.67 bits per heavy atom. The van der Waals surface area contributed by atoms with E-state index in [9.17, 15) is 13.6 Å². The zero-order valence-electron chi connectivity index (χ0n) is 11.5. The van der Waals surface area contributed by atoms with Gasteiger partial charge in [-0.25, -0.2) is 13.6 Å². The molecule has 0 fully saturated rings. The molecule has 0 heterocycles. The lowest BCUT2D eigenvalue weighted by Gasteiger charge is -2.07. The standard InChI is InChI=1S/C16H15F2NO2/c1-21-16(20)14-7-4-12(8-15(14)18)10-19-9-11-2-5-13(17)6-3-11/h2-8,19H,9-10H2,1H3. The van der Waals surface area contributed by atoms with Crippen molar-refractivity contribution in [3.8, 4) is 0 Å². The molecule has 110 valence electrons. The molecule has 2 aromatic carbocycles. The topological polar surface area (TPSA) is 38.3 Å². The molecule has 0 aliphatic rings. The summed E-state index contributed by atoms with van der Waals surface area (Å²) in [5.74, 6) is -1.58. The lowest BCUT2D eigenvalue weighted by Crippen LogP contribution is -2.13. The summed E-state index contributed by atoms with van der Waals surface area (Å²) in [6, 6.07) is 10.5. The number of benzene rings is 2. The summed E-state index contributed by atoms with van der Waals surface area (Å²) in [5.41, 5.74) is 1.56. The Morgan fingerprint density at radius 3 is 2.29 bits per heavy atom. The zero-order valence-corrected chi connectivity index (χ0v) is 11.5. The number of rotatable bonds is 5. The molecule has 0 saturated carbocycles. The summed E-state index contributed by atoms with van der Waals surface area (Å²) < 4.78 is 30.9. The van der Waals surface area contributed by atoms with Gasteiger partial charge in [0, 0.05) is 13.1 Å². The van der Waals surface area contributed by atoms with Crippen LogP contribution in [-0.2, 0) is 17.8 Å². The number of ether oxygens (including phenoxy) is 1. The third-order valence-electron chi connectivity index (χ3n) is 3.01. The van der Waals surface area contributed by atoms with Crippen LogP contribution in [0.4, 0.5) is 8.78 Å². The molecule has 0 amide bonds. The number of carbonyl (C=O) groups excluding carboxylic acids is 1. The minimum atomic E-state index is -0.696. The van der Waals surface area contributed by atoms with Crippen LogP contribution in [0.25, 0.3) is 0 Å². The maximum atomic E-state index is 13.7. The van der Waals surface area contributed by atoms with E-state index in [4.69, 9.17) is 0 Å². The quantitative estimate of drug-likeness (QED) is 0.861. The largest absolute Gasteiger partial charge is 0.465 e. The van der Waals surface area contributed by atoms with Crippen LogP contribution in [0.1, 0.15) is 21.5 Å². The van der Waals surface area contributed by atoms with Gasteiger partial charge in [-0.2, -0.15) is 0 Å². The molecule has 1 N–H and O–H groups in total. The highest BCUT2D eigenvalue weighted by molar-refractivity contribution is 5.89.